The molecule has 1 saturated carbocycles. The molecule has 0 bridgehead atoms. The number of hydrogen-bond acceptors (Lipinski definition) is 7. The summed E-state index contributed by atoms with van der Waals surface area (Å²) in [5.41, 5.74) is 4.57. The molecule has 1 aromatic carbocycles. The standard InChI is InChI=1S/C22H28N2O5S2/c1-13-14(2)18(28-3)8-5-15(13)11-24-10-9-17-19(12-24)30-22(20(17)21(25)29-4)31(26,27)23-16-6-7-16/h5,8,16,23H,6-7,9-12H2,1-4H3. The third-order valence-corrected chi connectivity index (χ3v) is 9.36. The lowest BCUT2D eigenvalue weighted by Crippen LogP contribution is -2.30. The second kappa shape index (κ2) is 8.54. The number of hydrogen-bond donors (Lipinski definition) is 1. The van der Waals surface area contributed by atoms with Crippen molar-refractivity contribution in [2.45, 2.75) is 56.5 Å². The van der Waals surface area contributed by atoms with Crippen molar-refractivity contribution in [3.05, 3.63) is 44.8 Å². The largest absolute Gasteiger partial charge is 0.496 e. The monoisotopic (exact) mass is 464 g/mol. The van der Waals surface area contributed by atoms with E-state index in [1.807, 2.05) is 6.07 Å². The van der Waals surface area contributed by atoms with Gasteiger partial charge in [-0.05, 0) is 61.4 Å². The predicted molar refractivity (Wildman–Crippen MR) is 119 cm³/mol. The zero-order valence-electron chi connectivity index (χ0n) is 18.3. The van der Waals surface area contributed by atoms with Crippen LogP contribution in [-0.2, 0) is 34.3 Å². The summed E-state index contributed by atoms with van der Waals surface area (Å²) in [6.07, 6.45) is 2.29. The number of methoxy groups -OCH3 is 2. The number of thiophene rings is 1. The fraction of sp³-hybridized carbons (Fsp3) is 0.500. The van der Waals surface area contributed by atoms with E-state index in [0.29, 0.717) is 13.0 Å². The van der Waals surface area contributed by atoms with Crippen LogP contribution >= 0.6 is 11.3 Å². The highest BCUT2D eigenvalue weighted by Crippen LogP contribution is 2.38. The maximum atomic E-state index is 12.9. The van der Waals surface area contributed by atoms with Crippen LogP contribution in [0.5, 0.6) is 5.75 Å². The van der Waals surface area contributed by atoms with E-state index in [1.165, 1.54) is 29.6 Å². The Morgan fingerprint density at radius 3 is 2.61 bits per heavy atom. The molecule has 0 amide bonds. The molecule has 31 heavy (non-hydrogen) atoms. The van der Waals surface area contributed by atoms with Crippen molar-refractivity contribution in [2.75, 3.05) is 20.8 Å². The van der Waals surface area contributed by atoms with Gasteiger partial charge in [-0.2, -0.15) is 0 Å². The molecule has 0 saturated heterocycles. The first-order valence-electron chi connectivity index (χ1n) is 10.4. The fourth-order valence-electron chi connectivity index (χ4n) is 4.02. The Balaban J connectivity index is 1.62. The normalized spacial score (nSPS) is 16.8. The Bertz CT molecular complexity index is 1120. The van der Waals surface area contributed by atoms with Crippen molar-refractivity contribution < 1.29 is 22.7 Å². The summed E-state index contributed by atoms with van der Waals surface area (Å²) in [4.78, 5) is 15.7. The Morgan fingerprint density at radius 1 is 1.23 bits per heavy atom. The Labute approximate surface area is 187 Å². The minimum Gasteiger partial charge on any atom is -0.496 e. The number of sulfonamides is 1. The number of fused-ring (bicyclic) bond motifs is 1. The molecule has 7 nitrogen and oxygen atoms in total. The van der Waals surface area contributed by atoms with Gasteiger partial charge >= 0.3 is 5.97 Å². The molecule has 0 radical (unpaired) electrons. The van der Waals surface area contributed by atoms with Gasteiger partial charge in [0.1, 0.15) is 9.96 Å². The second-order valence-electron chi connectivity index (χ2n) is 8.19. The van der Waals surface area contributed by atoms with Crippen LogP contribution in [0.1, 0.15) is 50.3 Å². The maximum Gasteiger partial charge on any atom is 0.340 e. The summed E-state index contributed by atoms with van der Waals surface area (Å²) < 4.78 is 39.0. The van der Waals surface area contributed by atoms with Crippen molar-refractivity contribution >= 4 is 27.3 Å². The van der Waals surface area contributed by atoms with Crippen LogP contribution in [0.4, 0.5) is 0 Å². The number of nitrogens with one attached hydrogen (secondary N) is 1. The van der Waals surface area contributed by atoms with Crippen LogP contribution < -0.4 is 9.46 Å². The van der Waals surface area contributed by atoms with E-state index in [1.54, 1.807) is 7.11 Å². The molecule has 9 heteroatoms. The van der Waals surface area contributed by atoms with Crippen molar-refractivity contribution in [1.29, 1.82) is 0 Å². The number of carbonyl (C=O) groups is 1. The number of benzene rings is 1. The van der Waals surface area contributed by atoms with Gasteiger partial charge in [0.2, 0.25) is 0 Å². The van der Waals surface area contributed by atoms with Crippen molar-refractivity contribution in [3.8, 4) is 5.75 Å². The van der Waals surface area contributed by atoms with Crippen LogP contribution in [-0.4, -0.2) is 46.1 Å². The highest BCUT2D eigenvalue weighted by molar-refractivity contribution is 7.91. The molecular weight excluding hydrogens is 436 g/mol. The summed E-state index contributed by atoms with van der Waals surface area (Å²) in [5.74, 6) is 0.296. The summed E-state index contributed by atoms with van der Waals surface area (Å²) in [6.45, 7) is 6.25. The number of ether oxygens (including phenoxy) is 2. The average Bonchev–Trinajstić information content (AvgIpc) is 3.46. The van der Waals surface area contributed by atoms with Gasteiger partial charge < -0.3 is 9.47 Å². The van der Waals surface area contributed by atoms with E-state index in [2.05, 4.69) is 29.5 Å². The molecule has 2 aliphatic rings. The lowest BCUT2D eigenvalue weighted by Gasteiger charge is -2.28. The number of esters is 1. The van der Waals surface area contributed by atoms with Crippen LogP contribution in [0.2, 0.25) is 0 Å². The van der Waals surface area contributed by atoms with Gasteiger partial charge in [-0.3, -0.25) is 4.90 Å². The number of rotatable bonds is 7. The Kier molecular flexibility index (Phi) is 6.13. The highest BCUT2D eigenvalue weighted by atomic mass is 32.2. The molecule has 168 valence electrons. The second-order valence-corrected chi connectivity index (χ2v) is 11.2. The molecule has 1 fully saturated rings. The van der Waals surface area contributed by atoms with Crippen molar-refractivity contribution in [3.63, 3.8) is 0 Å². The van der Waals surface area contributed by atoms with E-state index in [0.717, 1.165) is 47.7 Å². The highest BCUT2D eigenvalue weighted by Gasteiger charge is 2.36. The lowest BCUT2D eigenvalue weighted by molar-refractivity contribution is 0.0595. The molecule has 0 unspecified atom stereocenters. The average molecular weight is 465 g/mol. The lowest BCUT2D eigenvalue weighted by atomic mass is 9.99. The van der Waals surface area contributed by atoms with E-state index in [4.69, 9.17) is 9.47 Å². The number of nitrogens with zero attached hydrogens (tertiary/aromatic N) is 1. The van der Waals surface area contributed by atoms with E-state index >= 15 is 0 Å². The molecule has 1 aliphatic carbocycles. The minimum absolute atomic E-state index is 0.0209. The van der Waals surface area contributed by atoms with Gasteiger partial charge in [0.25, 0.3) is 10.0 Å². The van der Waals surface area contributed by atoms with E-state index in [-0.39, 0.29) is 15.8 Å². The molecule has 2 aromatic rings. The molecule has 4 rings (SSSR count). The van der Waals surface area contributed by atoms with Crippen molar-refractivity contribution in [2.24, 2.45) is 0 Å². The Morgan fingerprint density at radius 2 is 1.97 bits per heavy atom. The van der Waals surface area contributed by atoms with E-state index < -0.39 is 16.0 Å². The first kappa shape index (κ1) is 22.3. The van der Waals surface area contributed by atoms with Crippen LogP contribution in [0, 0.1) is 13.8 Å². The maximum absolute atomic E-state index is 12.9. The first-order chi connectivity index (χ1) is 14.7. The van der Waals surface area contributed by atoms with Gasteiger partial charge in [-0.25, -0.2) is 17.9 Å². The topological polar surface area (TPSA) is 84.9 Å². The predicted octanol–water partition coefficient (Wildman–Crippen LogP) is 3.16. The zero-order chi connectivity index (χ0) is 22.3. The smallest absolute Gasteiger partial charge is 0.340 e. The van der Waals surface area contributed by atoms with Crippen LogP contribution in [0.3, 0.4) is 0 Å². The SMILES string of the molecule is COC(=O)c1c(S(=O)(=O)NC2CC2)sc2c1CCN(Cc1ccc(OC)c(C)c1C)C2. The molecule has 0 atom stereocenters. The third kappa shape index (κ3) is 4.37. The minimum atomic E-state index is -3.74. The van der Waals surface area contributed by atoms with Gasteiger partial charge in [0.05, 0.1) is 19.8 Å². The third-order valence-electron chi connectivity index (χ3n) is 6.10. The first-order valence-corrected chi connectivity index (χ1v) is 12.7. The summed E-state index contributed by atoms with van der Waals surface area (Å²) >= 11 is 1.20. The molecule has 0 spiro atoms. The van der Waals surface area contributed by atoms with Gasteiger partial charge in [0.15, 0.2) is 0 Å². The molecule has 1 N–H and O–H groups in total. The zero-order valence-corrected chi connectivity index (χ0v) is 19.9. The quantitative estimate of drug-likeness (QED) is 0.634. The summed E-state index contributed by atoms with van der Waals surface area (Å²) in [7, 11) is -0.772. The summed E-state index contributed by atoms with van der Waals surface area (Å²) in [5, 5.41) is 0. The number of carbonyl (C=O) groups excluding carboxylic acids is 1. The van der Waals surface area contributed by atoms with Gasteiger partial charge in [-0.1, -0.05) is 6.07 Å². The molecule has 1 aromatic heterocycles. The van der Waals surface area contributed by atoms with Gasteiger partial charge in [-0.15, -0.1) is 11.3 Å². The summed E-state index contributed by atoms with van der Waals surface area (Å²) in [6, 6.07) is 4.05. The van der Waals surface area contributed by atoms with Crippen LogP contribution in [0.25, 0.3) is 0 Å². The Hall–Kier alpha value is -1.94. The van der Waals surface area contributed by atoms with E-state index in [9.17, 15) is 13.2 Å². The molecule has 2 heterocycles. The fourth-order valence-corrected chi connectivity index (χ4v) is 7.27. The molecular formula is C22H28N2O5S2. The van der Waals surface area contributed by atoms with Gasteiger partial charge in [0, 0.05) is 30.6 Å². The van der Waals surface area contributed by atoms with Crippen LogP contribution in [0.15, 0.2) is 16.3 Å². The molecule has 1 aliphatic heterocycles. The van der Waals surface area contributed by atoms with Crippen molar-refractivity contribution in [1.82, 2.24) is 9.62 Å².